The van der Waals surface area contributed by atoms with E-state index >= 15 is 0 Å². The maximum atomic E-state index is 12.3. The zero-order valence-corrected chi connectivity index (χ0v) is 14.1. The Morgan fingerprint density at radius 3 is 2.67 bits per heavy atom. The second-order valence-corrected chi connectivity index (χ2v) is 6.79. The molecule has 1 heterocycles. The van der Waals surface area contributed by atoms with Crippen LogP contribution in [0.5, 0.6) is 5.75 Å². The summed E-state index contributed by atoms with van der Waals surface area (Å²) in [7, 11) is 3.87. The molecule has 1 aliphatic rings. The van der Waals surface area contributed by atoms with Gasteiger partial charge in [-0.3, -0.25) is 4.90 Å². The monoisotopic (exact) mass is 346 g/mol. The predicted molar refractivity (Wildman–Crippen MR) is 85.8 cm³/mol. The van der Waals surface area contributed by atoms with Crippen LogP contribution in [0.25, 0.3) is 0 Å². The van der Waals surface area contributed by atoms with Crippen molar-refractivity contribution in [2.45, 2.75) is 37.8 Å². The lowest BCUT2D eigenvalue weighted by atomic mass is 9.94. The summed E-state index contributed by atoms with van der Waals surface area (Å²) in [6.07, 6.45) is -2.42. The molecule has 0 aromatic heterocycles. The van der Waals surface area contributed by atoms with Crippen LogP contribution < -0.4 is 4.74 Å². The van der Waals surface area contributed by atoms with E-state index in [4.69, 9.17) is 0 Å². The number of benzene rings is 1. The van der Waals surface area contributed by atoms with Gasteiger partial charge in [0.2, 0.25) is 0 Å². The van der Waals surface area contributed by atoms with E-state index in [1.54, 1.807) is 12.1 Å². The second-order valence-electron chi connectivity index (χ2n) is 6.79. The Balaban J connectivity index is 1.95. The molecule has 1 saturated heterocycles. The van der Waals surface area contributed by atoms with Gasteiger partial charge >= 0.3 is 6.36 Å². The van der Waals surface area contributed by atoms with E-state index in [1.807, 2.05) is 19.0 Å². The fourth-order valence-electron chi connectivity index (χ4n) is 3.24. The molecule has 0 spiro atoms. The first-order chi connectivity index (χ1) is 11.2. The average molecular weight is 346 g/mol. The van der Waals surface area contributed by atoms with Crippen molar-refractivity contribution >= 4 is 0 Å². The van der Waals surface area contributed by atoms with Gasteiger partial charge in [0.1, 0.15) is 5.75 Å². The van der Waals surface area contributed by atoms with Gasteiger partial charge in [-0.1, -0.05) is 12.1 Å². The van der Waals surface area contributed by atoms with Gasteiger partial charge in [-0.05, 0) is 57.6 Å². The predicted octanol–water partition coefficient (Wildman–Crippen LogP) is 2.86. The van der Waals surface area contributed by atoms with E-state index in [-0.39, 0.29) is 5.75 Å². The molecule has 0 saturated carbocycles. The average Bonchev–Trinajstić information content (AvgIpc) is 2.59. The Hall–Kier alpha value is -1.31. The van der Waals surface area contributed by atoms with Crippen molar-refractivity contribution in [2.75, 3.05) is 33.7 Å². The van der Waals surface area contributed by atoms with Crippen molar-refractivity contribution in [1.82, 2.24) is 9.80 Å². The Kier molecular flexibility index (Phi) is 6.11. The molecule has 0 amide bonds. The van der Waals surface area contributed by atoms with Crippen molar-refractivity contribution in [3.05, 3.63) is 29.8 Å². The molecule has 4 nitrogen and oxygen atoms in total. The Morgan fingerprint density at radius 2 is 2.00 bits per heavy atom. The minimum absolute atomic E-state index is 0.195. The van der Waals surface area contributed by atoms with Crippen LogP contribution in [0, 0.1) is 0 Å². The summed E-state index contributed by atoms with van der Waals surface area (Å²) in [5, 5.41) is 10.7. The summed E-state index contributed by atoms with van der Waals surface area (Å²) < 4.78 is 40.9. The van der Waals surface area contributed by atoms with Crippen LogP contribution in [0.15, 0.2) is 24.3 Å². The number of hydrogen-bond acceptors (Lipinski definition) is 4. The zero-order chi connectivity index (χ0) is 17.8. The van der Waals surface area contributed by atoms with Crippen molar-refractivity contribution in [1.29, 1.82) is 0 Å². The largest absolute Gasteiger partial charge is 0.573 e. The van der Waals surface area contributed by atoms with Crippen LogP contribution in [0.2, 0.25) is 0 Å². The normalized spacial score (nSPS) is 23.3. The van der Waals surface area contributed by atoms with Crippen LogP contribution in [0.1, 0.15) is 24.8 Å². The standard InChI is InChI=1S/C17H25F3N2O2/c1-21(2)13-16(23)7-4-9-22(10-8-16)12-14-5-3-6-15(11-14)24-17(18,19)20/h3,5-6,11,23H,4,7-10,12-13H2,1-2H3/t16-/m1/s1. The number of hydrogen-bond donors (Lipinski definition) is 1. The smallest absolute Gasteiger partial charge is 0.406 e. The second kappa shape index (κ2) is 7.72. The van der Waals surface area contributed by atoms with Gasteiger partial charge in [0, 0.05) is 19.6 Å². The minimum Gasteiger partial charge on any atom is -0.406 e. The summed E-state index contributed by atoms with van der Waals surface area (Å²) in [6.45, 7) is 2.71. The van der Waals surface area contributed by atoms with Gasteiger partial charge < -0.3 is 14.7 Å². The summed E-state index contributed by atoms with van der Waals surface area (Å²) in [6, 6.07) is 6.08. The first kappa shape index (κ1) is 19.0. The number of alkyl halides is 3. The van der Waals surface area contributed by atoms with Gasteiger partial charge in [-0.2, -0.15) is 0 Å². The Morgan fingerprint density at radius 1 is 1.25 bits per heavy atom. The van der Waals surface area contributed by atoms with Crippen LogP contribution in [0.3, 0.4) is 0 Å². The van der Waals surface area contributed by atoms with Gasteiger partial charge in [0.05, 0.1) is 5.60 Å². The molecule has 1 atom stereocenters. The third kappa shape index (κ3) is 6.30. The molecule has 0 aliphatic carbocycles. The lowest BCUT2D eigenvalue weighted by Crippen LogP contribution is -2.40. The highest BCUT2D eigenvalue weighted by molar-refractivity contribution is 5.28. The fourth-order valence-corrected chi connectivity index (χ4v) is 3.24. The number of nitrogens with zero attached hydrogens (tertiary/aromatic N) is 2. The SMILES string of the molecule is CN(C)C[C@@]1(O)CCCN(Cc2cccc(OC(F)(F)F)c2)CC1. The molecular weight excluding hydrogens is 321 g/mol. The number of halogens is 3. The molecule has 24 heavy (non-hydrogen) atoms. The van der Waals surface area contributed by atoms with Crippen LogP contribution in [-0.2, 0) is 6.54 Å². The number of likely N-dealkylation sites (tertiary alicyclic amines) is 1. The Bertz CT molecular complexity index is 537. The summed E-state index contributed by atoms with van der Waals surface area (Å²) >= 11 is 0. The van der Waals surface area contributed by atoms with Gasteiger partial charge in [0.25, 0.3) is 0 Å². The number of rotatable bonds is 5. The van der Waals surface area contributed by atoms with Crippen molar-refractivity contribution in [3.63, 3.8) is 0 Å². The van der Waals surface area contributed by atoms with E-state index in [1.165, 1.54) is 12.1 Å². The van der Waals surface area contributed by atoms with Crippen LogP contribution in [0.4, 0.5) is 13.2 Å². The molecule has 1 aromatic rings. The minimum atomic E-state index is -4.68. The molecule has 0 unspecified atom stereocenters. The fraction of sp³-hybridized carbons (Fsp3) is 0.647. The maximum absolute atomic E-state index is 12.3. The molecule has 1 N–H and O–H groups in total. The molecule has 7 heteroatoms. The summed E-state index contributed by atoms with van der Waals surface area (Å²) in [5.41, 5.74) is 0.0780. The molecule has 2 rings (SSSR count). The highest BCUT2D eigenvalue weighted by atomic mass is 19.4. The van der Waals surface area contributed by atoms with Crippen molar-refractivity contribution in [2.24, 2.45) is 0 Å². The molecular formula is C17H25F3N2O2. The van der Waals surface area contributed by atoms with Crippen molar-refractivity contribution < 1.29 is 23.0 Å². The highest BCUT2D eigenvalue weighted by Crippen LogP contribution is 2.26. The topological polar surface area (TPSA) is 35.9 Å². The number of ether oxygens (including phenoxy) is 1. The van der Waals surface area contributed by atoms with Crippen LogP contribution in [-0.4, -0.2) is 60.6 Å². The lowest BCUT2D eigenvalue weighted by Gasteiger charge is -2.30. The molecule has 0 bridgehead atoms. The number of likely N-dealkylation sites (N-methyl/N-ethyl adjacent to an activating group) is 1. The third-order valence-corrected chi connectivity index (χ3v) is 4.16. The zero-order valence-electron chi connectivity index (χ0n) is 14.1. The molecule has 136 valence electrons. The van der Waals surface area contributed by atoms with Gasteiger partial charge in [-0.15, -0.1) is 13.2 Å². The lowest BCUT2D eigenvalue weighted by molar-refractivity contribution is -0.274. The van der Waals surface area contributed by atoms with Gasteiger partial charge in [-0.25, -0.2) is 0 Å². The van der Waals surface area contributed by atoms with E-state index in [0.717, 1.165) is 24.9 Å². The number of aliphatic hydroxyl groups is 1. The van der Waals surface area contributed by atoms with E-state index < -0.39 is 12.0 Å². The molecule has 1 aliphatic heterocycles. The molecule has 1 aromatic carbocycles. The summed E-state index contributed by atoms with van der Waals surface area (Å²) in [4.78, 5) is 4.15. The first-order valence-corrected chi connectivity index (χ1v) is 8.09. The molecule has 1 fully saturated rings. The van der Waals surface area contributed by atoms with E-state index in [2.05, 4.69) is 9.64 Å². The summed E-state index contributed by atoms with van der Waals surface area (Å²) in [5.74, 6) is -0.195. The maximum Gasteiger partial charge on any atom is 0.573 e. The van der Waals surface area contributed by atoms with Crippen LogP contribution >= 0.6 is 0 Å². The first-order valence-electron chi connectivity index (χ1n) is 8.09. The quantitative estimate of drug-likeness (QED) is 0.889. The highest BCUT2D eigenvalue weighted by Gasteiger charge is 2.32. The molecule has 0 radical (unpaired) electrons. The van der Waals surface area contributed by atoms with E-state index in [0.29, 0.717) is 26.1 Å². The van der Waals surface area contributed by atoms with Gasteiger partial charge in [0.15, 0.2) is 0 Å². The van der Waals surface area contributed by atoms with Crippen molar-refractivity contribution in [3.8, 4) is 5.75 Å². The third-order valence-electron chi connectivity index (χ3n) is 4.16. The Labute approximate surface area is 140 Å². The van der Waals surface area contributed by atoms with E-state index in [9.17, 15) is 18.3 Å².